The Labute approximate surface area is 234 Å². The van der Waals surface area contributed by atoms with E-state index in [4.69, 9.17) is 4.74 Å². The van der Waals surface area contributed by atoms with Crippen LogP contribution in [0.1, 0.15) is 126 Å². The van der Waals surface area contributed by atoms with Gasteiger partial charge >= 0.3 is 5.97 Å². The number of carboxylic acid groups (broad SMARTS) is 1. The van der Waals surface area contributed by atoms with Crippen LogP contribution >= 0.6 is 0 Å². The fourth-order valence-electron chi connectivity index (χ4n) is 7.55. The second-order valence-corrected chi connectivity index (χ2v) is 12.8. The lowest BCUT2D eigenvalue weighted by molar-refractivity contribution is -0.124. The molecule has 39 heavy (non-hydrogen) atoms. The van der Waals surface area contributed by atoms with Crippen molar-refractivity contribution in [2.75, 3.05) is 0 Å². The molecule has 3 saturated carbocycles. The van der Waals surface area contributed by atoms with Gasteiger partial charge in [0.25, 0.3) is 0 Å². The molecule has 2 aromatic carbocycles. The Kier molecular flexibility index (Phi) is 8.79. The van der Waals surface area contributed by atoms with Crippen molar-refractivity contribution >= 4 is 11.8 Å². The van der Waals surface area contributed by atoms with Gasteiger partial charge in [-0.1, -0.05) is 70.2 Å². The number of carboxylic acids is 1. The van der Waals surface area contributed by atoms with Gasteiger partial charge in [-0.05, 0) is 97.9 Å². The predicted octanol–water partition coefficient (Wildman–Crippen LogP) is 9.21. The highest BCUT2D eigenvalue weighted by Crippen LogP contribution is 2.46. The predicted molar refractivity (Wildman–Crippen MR) is 156 cm³/mol. The average Bonchev–Trinajstić information content (AvgIpc) is 3.35. The Morgan fingerprint density at radius 2 is 1.74 bits per heavy atom. The first-order chi connectivity index (χ1) is 18.9. The molecule has 0 aliphatic heterocycles. The van der Waals surface area contributed by atoms with Crippen LogP contribution in [0.25, 0.3) is 11.1 Å². The zero-order chi connectivity index (χ0) is 27.4. The van der Waals surface area contributed by atoms with E-state index in [1.54, 1.807) is 12.1 Å². The Hall–Kier alpha value is -2.62. The topological polar surface area (TPSA) is 63.6 Å². The maximum absolute atomic E-state index is 13.3. The standard InChI is InChI=1S/C35H46O4/c1-3-35(18-7-4-8-19-35)23-24(2)32(36)21-25-14-16-28(20-25)39-33-17-15-27(34(37)38)22-31(33)30-13-6-5-12-29(30)26-10-9-11-26/h5-6,12-13,15,17,22,24-26,28H,3-4,7-11,14,16,18-21,23H2,1-2H3,(H,37,38)/t24-,25-,28-/m1/s1. The molecule has 0 spiro atoms. The number of ketones is 1. The molecule has 3 aliphatic carbocycles. The van der Waals surface area contributed by atoms with Crippen molar-refractivity contribution < 1.29 is 19.4 Å². The Morgan fingerprint density at radius 1 is 0.974 bits per heavy atom. The molecule has 3 atom stereocenters. The maximum atomic E-state index is 13.3. The number of hydrogen-bond donors (Lipinski definition) is 1. The van der Waals surface area contributed by atoms with E-state index in [9.17, 15) is 14.7 Å². The maximum Gasteiger partial charge on any atom is 0.335 e. The molecule has 0 radical (unpaired) electrons. The molecule has 210 valence electrons. The number of ether oxygens (including phenoxy) is 1. The fraction of sp³-hybridized carbons (Fsp3) is 0.600. The first-order valence-electron chi connectivity index (χ1n) is 15.5. The Bertz CT molecular complexity index is 1160. The van der Waals surface area contributed by atoms with Crippen LogP contribution in [0, 0.1) is 17.3 Å². The zero-order valence-corrected chi connectivity index (χ0v) is 23.9. The summed E-state index contributed by atoms with van der Waals surface area (Å²) in [5.74, 6) is 1.32. The summed E-state index contributed by atoms with van der Waals surface area (Å²) < 4.78 is 6.60. The van der Waals surface area contributed by atoms with Gasteiger partial charge in [-0.15, -0.1) is 0 Å². The molecule has 0 saturated heterocycles. The van der Waals surface area contributed by atoms with E-state index in [0.717, 1.165) is 42.6 Å². The van der Waals surface area contributed by atoms with Crippen molar-refractivity contribution in [3.05, 3.63) is 53.6 Å². The minimum Gasteiger partial charge on any atom is -0.490 e. The highest BCUT2D eigenvalue weighted by atomic mass is 16.5. The Balaban J connectivity index is 1.25. The number of aromatic carboxylic acids is 1. The molecule has 0 aromatic heterocycles. The monoisotopic (exact) mass is 530 g/mol. The minimum absolute atomic E-state index is 0.0590. The van der Waals surface area contributed by atoms with Crippen molar-refractivity contribution in [2.45, 2.75) is 116 Å². The van der Waals surface area contributed by atoms with Gasteiger partial charge in [0.15, 0.2) is 0 Å². The number of rotatable bonds is 11. The summed E-state index contributed by atoms with van der Waals surface area (Å²) in [6, 6.07) is 13.7. The first-order valence-corrected chi connectivity index (χ1v) is 15.5. The van der Waals surface area contributed by atoms with Crippen molar-refractivity contribution in [3.8, 4) is 16.9 Å². The smallest absolute Gasteiger partial charge is 0.335 e. The van der Waals surface area contributed by atoms with Crippen LogP contribution in [0.2, 0.25) is 0 Å². The molecule has 0 amide bonds. The minimum atomic E-state index is -0.921. The molecular weight excluding hydrogens is 484 g/mol. The largest absolute Gasteiger partial charge is 0.490 e. The van der Waals surface area contributed by atoms with Crippen LogP contribution in [-0.2, 0) is 4.79 Å². The lowest BCUT2D eigenvalue weighted by Gasteiger charge is -2.38. The zero-order valence-electron chi connectivity index (χ0n) is 23.9. The van der Waals surface area contributed by atoms with Gasteiger partial charge in [-0.2, -0.15) is 0 Å². The SMILES string of the molecule is CCC1(C[C@@H](C)C(=O)C[C@@H]2CC[C@@H](Oc3ccc(C(=O)O)cc3-c3ccccc3C3CCC3)C2)CCCCC1. The number of hydrogen-bond acceptors (Lipinski definition) is 3. The number of carbonyl (C=O) groups is 2. The van der Waals surface area contributed by atoms with Crippen LogP contribution in [0.5, 0.6) is 5.75 Å². The third kappa shape index (κ3) is 6.42. The summed E-state index contributed by atoms with van der Waals surface area (Å²) in [5, 5.41) is 9.69. The second-order valence-electron chi connectivity index (χ2n) is 12.8. The van der Waals surface area contributed by atoms with E-state index in [-0.39, 0.29) is 17.6 Å². The molecule has 0 bridgehead atoms. The summed E-state index contributed by atoms with van der Waals surface area (Å²) >= 11 is 0. The molecule has 4 nitrogen and oxygen atoms in total. The van der Waals surface area contributed by atoms with Crippen molar-refractivity contribution in [2.24, 2.45) is 17.3 Å². The molecule has 2 aromatic rings. The van der Waals surface area contributed by atoms with Gasteiger partial charge in [-0.25, -0.2) is 4.79 Å². The van der Waals surface area contributed by atoms with E-state index < -0.39 is 5.97 Å². The van der Waals surface area contributed by atoms with E-state index in [1.807, 2.05) is 12.1 Å². The van der Waals surface area contributed by atoms with Crippen molar-refractivity contribution in [3.63, 3.8) is 0 Å². The van der Waals surface area contributed by atoms with Crippen LogP contribution in [0.15, 0.2) is 42.5 Å². The average molecular weight is 531 g/mol. The highest BCUT2D eigenvalue weighted by molar-refractivity contribution is 5.91. The quantitative estimate of drug-likeness (QED) is 0.314. The molecule has 0 unspecified atom stereocenters. The van der Waals surface area contributed by atoms with Gasteiger partial charge in [-0.3, -0.25) is 4.79 Å². The number of benzene rings is 2. The molecule has 4 heteroatoms. The second kappa shape index (κ2) is 12.3. The molecule has 0 heterocycles. The third-order valence-corrected chi connectivity index (χ3v) is 10.3. The van der Waals surface area contributed by atoms with Crippen molar-refractivity contribution in [1.29, 1.82) is 0 Å². The van der Waals surface area contributed by atoms with Gasteiger partial charge < -0.3 is 9.84 Å². The molecular formula is C35H46O4. The summed E-state index contributed by atoms with van der Waals surface area (Å²) in [4.78, 5) is 25.1. The van der Waals surface area contributed by atoms with Crippen LogP contribution < -0.4 is 4.74 Å². The lowest BCUT2D eigenvalue weighted by atomic mass is 9.67. The van der Waals surface area contributed by atoms with E-state index >= 15 is 0 Å². The molecule has 1 N–H and O–H groups in total. The summed E-state index contributed by atoms with van der Waals surface area (Å²) in [7, 11) is 0. The van der Waals surface area contributed by atoms with Crippen LogP contribution in [0.4, 0.5) is 0 Å². The Morgan fingerprint density at radius 3 is 2.44 bits per heavy atom. The normalized spacial score (nSPS) is 23.6. The van der Waals surface area contributed by atoms with Crippen LogP contribution in [0.3, 0.4) is 0 Å². The number of Topliss-reactive ketones (excluding diaryl/α,β-unsaturated/α-hetero) is 1. The number of carbonyl (C=O) groups excluding carboxylic acids is 1. The molecule has 3 aliphatic rings. The van der Waals surface area contributed by atoms with E-state index in [1.165, 1.54) is 63.4 Å². The fourth-order valence-corrected chi connectivity index (χ4v) is 7.55. The summed E-state index contributed by atoms with van der Waals surface area (Å²) in [6.07, 6.45) is 16.0. The summed E-state index contributed by atoms with van der Waals surface area (Å²) in [5.41, 5.74) is 3.92. The van der Waals surface area contributed by atoms with Gasteiger partial charge in [0, 0.05) is 17.9 Å². The molecule has 5 rings (SSSR count). The highest BCUT2D eigenvalue weighted by Gasteiger charge is 2.35. The summed E-state index contributed by atoms with van der Waals surface area (Å²) in [6.45, 7) is 4.47. The van der Waals surface area contributed by atoms with Gasteiger partial charge in [0.05, 0.1) is 11.7 Å². The van der Waals surface area contributed by atoms with Gasteiger partial charge in [0.1, 0.15) is 11.5 Å². The van der Waals surface area contributed by atoms with E-state index in [0.29, 0.717) is 29.5 Å². The van der Waals surface area contributed by atoms with Crippen LogP contribution in [-0.4, -0.2) is 23.0 Å². The van der Waals surface area contributed by atoms with Gasteiger partial charge in [0.2, 0.25) is 0 Å². The third-order valence-electron chi connectivity index (χ3n) is 10.3. The first kappa shape index (κ1) is 27.9. The lowest BCUT2D eigenvalue weighted by Crippen LogP contribution is -2.29. The van der Waals surface area contributed by atoms with E-state index in [2.05, 4.69) is 32.0 Å². The van der Waals surface area contributed by atoms with Crippen molar-refractivity contribution in [1.82, 2.24) is 0 Å². The molecule has 3 fully saturated rings.